The molecule has 16 heavy (non-hydrogen) atoms. The highest BCUT2D eigenvalue weighted by atomic mass is 16.2. The number of carbonyl (C=O) groups excluding carboxylic acids is 1. The molecule has 4 nitrogen and oxygen atoms in total. The smallest absolute Gasteiger partial charge is 0.242 e. The first kappa shape index (κ1) is 11.9. The Kier molecular flexibility index (Phi) is 4.18. The minimum absolute atomic E-state index is 0.119. The maximum atomic E-state index is 12.3. The first-order chi connectivity index (χ1) is 7.83. The van der Waals surface area contributed by atoms with Crippen LogP contribution in [0.4, 0.5) is 0 Å². The van der Waals surface area contributed by atoms with Crippen LogP contribution in [-0.2, 0) is 4.79 Å². The van der Waals surface area contributed by atoms with E-state index in [0.29, 0.717) is 6.04 Å². The van der Waals surface area contributed by atoms with Gasteiger partial charge in [-0.15, -0.1) is 0 Å². The fourth-order valence-electron chi connectivity index (χ4n) is 2.72. The number of carbonyl (C=O) groups is 1. The first-order valence-electron chi connectivity index (χ1n) is 6.50. The van der Waals surface area contributed by atoms with Crippen molar-refractivity contribution in [2.75, 3.05) is 26.2 Å². The highest BCUT2D eigenvalue weighted by Gasteiger charge is 2.33. The molecule has 1 N–H and O–H groups in total. The maximum absolute atomic E-state index is 12.3. The summed E-state index contributed by atoms with van der Waals surface area (Å²) in [6.07, 6.45) is 4.65. The zero-order chi connectivity index (χ0) is 11.4. The van der Waals surface area contributed by atoms with Crippen LogP contribution in [0.3, 0.4) is 0 Å². The van der Waals surface area contributed by atoms with Gasteiger partial charge >= 0.3 is 0 Å². The average molecular weight is 224 g/mol. The zero-order valence-corrected chi connectivity index (χ0v) is 10.1. The van der Waals surface area contributed by atoms with Crippen molar-refractivity contribution in [3.63, 3.8) is 0 Å². The van der Waals surface area contributed by atoms with Crippen LogP contribution < -0.4 is 10.6 Å². The van der Waals surface area contributed by atoms with Crippen molar-refractivity contribution in [2.24, 2.45) is 0 Å². The van der Waals surface area contributed by atoms with E-state index in [-0.39, 0.29) is 11.9 Å². The molecule has 2 heterocycles. The lowest BCUT2D eigenvalue weighted by molar-refractivity contribution is -0.134. The molecule has 0 bridgehead atoms. The fraction of sp³-hybridized carbons (Fsp3) is 0.917. The molecule has 2 unspecified atom stereocenters. The molecule has 2 fully saturated rings. The van der Waals surface area contributed by atoms with E-state index in [4.69, 9.17) is 0 Å². The summed E-state index contributed by atoms with van der Waals surface area (Å²) < 4.78 is 0. The highest BCUT2D eigenvalue weighted by Crippen LogP contribution is 2.22. The lowest BCUT2D eigenvalue weighted by atomic mass is 10.1. The Morgan fingerprint density at radius 1 is 1.56 bits per heavy atom. The van der Waals surface area contributed by atoms with Crippen LogP contribution in [-0.4, -0.2) is 49.1 Å². The molecule has 2 saturated heterocycles. The topological polar surface area (TPSA) is 46.4 Å². The Bertz CT molecular complexity index is 238. The molecule has 91 valence electrons. The number of nitrogens with one attached hydrogen (secondary N) is 1. The van der Waals surface area contributed by atoms with E-state index >= 15 is 0 Å². The Morgan fingerprint density at radius 3 is 3.12 bits per heavy atom. The van der Waals surface area contributed by atoms with Crippen LogP contribution in [0.1, 0.15) is 32.6 Å². The molecule has 0 spiro atoms. The number of likely N-dealkylation sites (tertiary alicyclic amines) is 1. The van der Waals surface area contributed by atoms with E-state index in [1.807, 2.05) is 0 Å². The van der Waals surface area contributed by atoms with Crippen molar-refractivity contribution in [3.8, 4) is 0 Å². The van der Waals surface area contributed by atoms with Crippen LogP contribution in [0.5, 0.6) is 0 Å². The Balaban J connectivity index is 1.91. The average Bonchev–Trinajstić information content (AvgIpc) is 2.78. The van der Waals surface area contributed by atoms with Gasteiger partial charge in [-0.1, -0.05) is 13.3 Å². The number of piperazine rings is 1. The molecule has 0 saturated carbocycles. The second kappa shape index (κ2) is 5.64. The van der Waals surface area contributed by atoms with Gasteiger partial charge in [-0.3, -0.25) is 4.79 Å². The third kappa shape index (κ3) is 2.55. The minimum atomic E-state index is -0.119. The summed E-state index contributed by atoms with van der Waals surface area (Å²) in [6.45, 7) is 5.56. The maximum Gasteiger partial charge on any atom is 0.242 e. The summed E-state index contributed by atoms with van der Waals surface area (Å²) in [5, 5.41) is 7.66. The molecule has 0 aliphatic carbocycles. The van der Waals surface area contributed by atoms with Gasteiger partial charge in [-0.25, -0.2) is 5.32 Å². The van der Waals surface area contributed by atoms with Crippen molar-refractivity contribution < 1.29 is 4.79 Å². The molecule has 0 aromatic heterocycles. The van der Waals surface area contributed by atoms with E-state index in [9.17, 15) is 4.79 Å². The van der Waals surface area contributed by atoms with Crippen molar-refractivity contribution in [3.05, 3.63) is 0 Å². The standard InChI is InChI=1S/C12H22N3O/c1-2-4-10-5-3-8-15(10)12(16)11-9-13-6-7-14-11/h10-11,13H,2-9H2,1H3. The molecule has 1 amide bonds. The van der Waals surface area contributed by atoms with Crippen molar-refractivity contribution in [1.29, 1.82) is 0 Å². The third-order valence-electron chi connectivity index (χ3n) is 3.54. The summed E-state index contributed by atoms with van der Waals surface area (Å²) in [7, 11) is 0. The molecule has 0 aromatic carbocycles. The first-order valence-corrected chi connectivity index (χ1v) is 6.50. The van der Waals surface area contributed by atoms with E-state index in [1.165, 1.54) is 6.42 Å². The van der Waals surface area contributed by atoms with Crippen LogP contribution in [0.25, 0.3) is 0 Å². The SMILES string of the molecule is CCCC1CCCN1C(=O)C1CNCC[N]1. The lowest BCUT2D eigenvalue weighted by Gasteiger charge is -2.30. The molecule has 2 aliphatic rings. The number of nitrogens with zero attached hydrogens (tertiary/aromatic N) is 2. The van der Waals surface area contributed by atoms with E-state index in [2.05, 4.69) is 22.5 Å². The van der Waals surface area contributed by atoms with Crippen LogP contribution in [0.2, 0.25) is 0 Å². The minimum Gasteiger partial charge on any atom is -0.338 e. The van der Waals surface area contributed by atoms with Crippen LogP contribution >= 0.6 is 0 Å². The van der Waals surface area contributed by atoms with Gasteiger partial charge in [0, 0.05) is 32.2 Å². The second-order valence-corrected chi connectivity index (χ2v) is 4.74. The highest BCUT2D eigenvalue weighted by molar-refractivity contribution is 5.82. The Morgan fingerprint density at radius 2 is 2.44 bits per heavy atom. The van der Waals surface area contributed by atoms with E-state index < -0.39 is 0 Å². The van der Waals surface area contributed by atoms with Gasteiger partial charge in [0.1, 0.15) is 6.04 Å². The largest absolute Gasteiger partial charge is 0.338 e. The van der Waals surface area contributed by atoms with Crippen molar-refractivity contribution >= 4 is 5.91 Å². The lowest BCUT2D eigenvalue weighted by Crippen LogP contribution is -2.54. The quantitative estimate of drug-likeness (QED) is 0.752. The molecule has 4 heteroatoms. The van der Waals surface area contributed by atoms with E-state index in [0.717, 1.165) is 45.4 Å². The van der Waals surface area contributed by atoms with Gasteiger partial charge in [-0.2, -0.15) is 0 Å². The summed E-state index contributed by atoms with van der Waals surface area (Å²) in [5.74, 6) is 0.253. The summed E-state index contributed by atoms with van der Waals surface area (Å²) in [6, 6.07) is 0.362. The Hall–Kier alpha value is -0.610. The zero-order valence-electron chi connectivity index (χ0n) is 10.1. The Labute approximate surface area is 97.8 Å². The molecular weight excluding hydrogens is 202 g/mol. The van der Waals surface area contributed by atoms with E-state index in [1.54, 1.807) is 0 Å². The monoisotopic (exact) mass is 224 g/mol. The molecule has 0 aromatic rings. The predicted octanol–water partition coefficient (Wildman–Crippen LogP) is 0.354. The molecule has 1 radical (unpaired) electrons. The van der Waals surface area contributed by atoms with Crippen molar-refractivity contribution in [1.82, 2.24) is 15.5 Å². The fourth-order valence-corrected chi connectivity index (χ4v) is 2.72. The van der Waals surface area contributed by atoms with Gasteiger partial charge in [0.15, 0.2) is 0 Å². The van der Waals surface area contributed by atoms with Gasteiger partial charge in [0.05, 0.1) is 0 Å². The number of hydrogen-bond donors (Lipinski definition) is 1. The van der Waals surface area contributed by atoms with Gasteiger partial charge < -0.3 is 10.2 Å². The molecule has 2 rings (SSSR count). The van der Waals surface area contributed by atoms with Gasteiger partial charge in [-0.05, 0) is 19.3 Å². The molecular formula is C12H22N3O. The molecule has 2 atom stereocenters. The molecule has 2 aliphatic heterocycles. The number of amides is 1. The number of rotatable bonds is 3. The normalized spacial score (nSPS) is 30.7. The van der Waals surface area contributed by atoms with Gasteiger partial charge in [0.25, 0.3) is 0 Å². The van der Waals surface area contributed by atoms with Crippen LogP contribution in [0, 0.1) is 0 Å². The summed E-state index contributed by atoms with van der Waals surface area (Å²) in [4.78, 5) is 14.4. The summed E-state index contributed by atoms with van der Waals surface area (Å²) in [5.41, 5.74) is 0. The third-order valence-corrected chi connectivity index (χ3v) is 3.54. The summed E-state index contributed by atoms with van der Waals surface area (Å²) >= 11 is 0. The number of hydrogen-bond acceptors (Lipinski definition) is 2. The van der Waals surface area contributed by atoms with Crippen molar-refractivity contribution in [2.45, 2.75) is 44.7 Å². The van der Waals surface area contributed by atoms with Gasteiger partial charge in [0.2, 0.25) is 5.91 Å². The predicted molar refractivity (Wildman–Crippen MR) is 63.3 cm³/mol. The van der Waals surface area contributed by atoms with Crippen LogP contribution in [0.15, 0.2) is 0 Å². The second-order valence-electron chi connectivity index (χ2n) is 4.74.